The number of carbonyl (C=O) groups excluding carboxylic acids is 1. The number of rotatable bonds is 6. The van der Waals surface area contributed by atoms with E-state index in [0.29, 0.717) is 18.9 Å². The van der Waals surface area contributed by atoms with Crippen LogP contribution in [0, 0.1) is 6.92 Å². The fourth-order valence-corrected chi connectivity index (χ4v) is 2.55. The van der Waals surface area contributed by atoms with Crippen molar-refractivity contribution in [2.45, 2.75) is 32.3 Å². The van der Waals surface area contributed by atoms with E-state index >= 15 is 0 Å². The maximum atomic E-state index is 8.94. The van der Waals surface area contributed by atoms with E-state index in [4.69, 9.17) is 9.53 Å². The number of nitrogens with one attached hydrogen (secondary N) is 2. The Kier molecular flexibility index (Phi) is 6.63. The molecule has 128 valence electrons. The van der Waals surface area contributed by atoms with Crippen molar-refractivity contribution in [3.05, 3.63) is 59.2 Å². The second kappa shape index (κ2) is 8.93. The Hall–Kier alpha value is -2.53. The molecule has 4 N–H and O–H groups in total. The number of hydrogen-bond donors (Lipinski definition) is 3. The van der Waals surface area contributed by atoms with E-state index in [2.05, 4.69) is 60.5 Å². The number of hydrogen-bond acceptors (Lipinski definition) is 4. The first-order chi connectivity index (χ1) is 11.7. The van der Waals surface area contributed by atoms with Crippen LogP contribution in [0.2, 0.25) is 0 Å². The van der Waals surface area contributed by atoms with Crippen LogP contribution in [-0.4, -0.2) is 13.5 Å². The van der Waals surface area contributed by atoms with E-state index in [-0.39, 0.29) is 0 Å². The predicted molar refractivity (Wildman–Crippen MR) is 96.9 cm³/mol. The van der Waals surface area contributed by atoms with Crippen molar-refractivity contribution in [1.82, 2.24) is 5.43 Å². The van der Waals surface area contributed by atoms with Crippen molar-refractivity contribution in [3.8, 4) is 5.75 Å². The molecule has 1 aliphatic carbocycles. The molecule has 0 radical (unpaired) electrons. The minimum atomic E-state index is 0.403. The SMILES string of the molecule is CNc1cccc(C2CC2)c1OCc1ccccc1C.NNC=O. The molecule has 2 aromatic carbocycles. The maximum Gasteiger partial charge on any atom is 0.221 e. The van der Waals surface area contributed by atoms with Crippen LogP contribution in [0.5, 0.6) is 5.75 Å². The summed E-state index contributed by atoms with van der Waals surface area (Å²) in [5.74, 6) is 6.13. The molecule has 1 aliphatic rings. The molecular formula is C19H25N3O2. The molecule has 1 fully saturated rings. The van der Waals surface area contributed by atoms with Crippen LogP contribution < -0.4 is 21.3 Å². The van der Waals surface area contributed by atoms with Crippen LogP contribution in [0.1, 0.15) is 35.4 Å². The van der Waals surface area contributed by atoms with Gasteiger partial charge in [0.05, 0.1) is 5.69 Å². The van der Waals surface area contributed by atoms with E-state index < -0.39 is 0 Å². The first kappa shape index (κ1) is 17.8. The minimum absolute atomic E-state index is 0.403. The van der Waals surface area contributed by atoms with Gasteiger partial charge in [0, 0.05) is 7.05 Å². The molecule has 2 aromatic rings. The summed E-state index contributed by atoms with van der Waals surface area (Å²) in [6.07, 6.45) is 2.97. The summed E-state index contributed by atoms with van der Waals surface area (Å²) in [6, 6.07) is 14.8. The summed E-state index contributed by atoms with van der Waals surface area (Å²) < 4.78 is 6.16. The lowest BCUT2D eigenvalue weighted by Gasteiger charge is -2.16. The third-order valence-corrected chi connectivity index (χ3v) is 4.03. The van der Waals surface area contributed by atoms with Gasteiger partial charge in [-0.25, -0.2) is 5.84 Å². The van der Waals surface area contributed by atoms with Crippen LogP contribution in [0.4, 0.5) is 5.69 Å². The van der Waals surface area contributed by atoms with Crippen LogP contribution >= 0.6 is 0 Å². The molecule has 1 amide bonds. The molecule has 5 heteroatoms. The molecule has 0 heterocycles. The van der Waals surface area contributed by atoms with Crippen molar-refractivity contribution >= 4 is 12.1 Å². The van der Waals surface area contributed by atoms with Crippen LogP contribution in [0.15, 0.2) is 42.5 Å². The average molecular weight is 327 g/mol. The molecule has 0 aromatic heterocycles. The van der Waals surface area contributed by atoms with E-state index in [9.17, 15) is 0 Å². The van der Waals surface area contributed by atoms with Gasteiger partial charge in [0.25, 0.3) is 0 Å². The Morgan fingerprint density at radius 2 is 1.92 bits per heavy atom. The van der Waals surface area contributed by atoms with Crippen molar-refractivity contribution < 1.29 is 9.53 Å². The van der Waals surface area contributed by atoms with Crippen molar-refractivity contribution in [3.63, 3.8) is 0 Å². The lowest BCUT2D eigenvalue weighted by Crippen LogP contribution is -2.18. The molecule has 24 heavy (non-hydrogen) atoms. The van der Waals surface area contributed by atoms with Crippen LogP contribution in [0.3, 0.4) is 0 Å². The van der Waals surface area contributed by atoms with Gasteiger partial charge in [-0.15, -0.1) is 0 Å². The fourth-order valence-electron chi connectivity index (χ4n) is 2.55. The Balaban J connectivity index is 0.000000471. The molecule has 0 bridgehead atoms. The Morgan fingerprint density at radius 3 is 2.50 bits per heavy atom. The second-order valence-corrected chi connectivity index (χ2v) is 5.75. The summed E-state index contributed by atoms with van der Waals surface area (Å²) >= 11 is 0. The van der Waals surface area contributed by atoms with Gasteiger partial charge in [-0.2, -0.15) is 0 Å². The van der Waals surface area contributed by atoms with Gasteiger partial charge in [0.15, 0.2) is 0 Å². The molecule has 1 saturated carbocycles. The number of amides is 1. The lowest BCUT2D eigenvalue weighted by molar-refractivity contribution is -0.109. The highest BCUT2D eigenvalue weighted by Gasteiger charge is 2.27. The van der Waals surface area contributed by atoms with Gasteiger partial charge in [-0.05, 0) is 48.4 Å². The summed E-state index contributed by atoms with van der Waals surface area (Å²) in [5, 5.41) is 3.24. The topological polar surface area (TPSA) is 76.4 Å². The van der Waals surface area contributed by atoms with E-state index in [0.717, 1.165) is 11.4 Å². The van der Waals surface area contributed by atoms with Gasteiger partial charge in [-0.3, -0.25) is 10.2 Å². The van der Waals surface area contributed by atoms with Gasteiger partial charge in [0.1, 0.15) is 12.4 Å². The third kappa shape index (κ3) is 4.73. The predicted octanol–water partition coefficient (Wildman–Crippen LogP) is 3.10. The highest BCUT2D eigenvalue weighted by molar-refractivity contribution is 5.61. The number of nitrogens with two attached hydrogens (primary N) is 1. The van der Waals surface area contributed by atoms with Crippen molar-refractivity contribution in [1.29, 1.82) is 0 Å². The third-order valence-electron chi connectivity index (χ3n) is 4.03. The molecule has 0 atom stereocenters. The van der Waals surface area contributed by atoms with Gasteiger partial charge >= 0.3 is 0 Å². The molecule has 3 rings (SSSR count). The molecule has 5 nitrogen and oxygen atoms in total. The summed E-state index contributed by atoms with van der Waals surface area (Å²) in [6.45, 7) is 2.76. The summed E-state index contributed by atoms with van der Waals surface area (Å²) in [4.78, 5) is 8.94. The highest BCUT2D eigenvalue weighted by atomic mass is 16.5. The zero-order valence-corrected chi connectivity index (χ0v) is 14.2. The number of anilines is 1. The molecule has 0 saturated heterocycles. The largest absolute Gasteiger partial charge is 0.486 e. The van der Waals surface area contributed by atoms with Crippen molar-refractivity contribution in [2.75, 3.05) is 12.4 Å². The number of carbonyl (C=O) groups is 1. The smallest absolute Gasteiger partial charge is 0.221 e. The lowest BCUT2D eigenvalue weighted by atomic mass is 10.1. The van der Waals surface area contributed by atoms with E-state index in [1.54, 1.807) is 5.43 Å². The molecular weight excluding hydrogens is 302 g/mol. The maximum absolute atomic E-state index is 8.94. The number of para-hydroxylation sites is 1. The zero-order chi connectivity index (χ0) is 17.4. The second-order valence-electron chi connectivity index (χ2n) is 5.75. The quantitative estimate of drug-likeness (QED) is 0.330. The average Bonchev–Trinajstić information content (AvgIpc) is 3.46. The number of benzene rings is 2. The van der Waals surface area contributed by atoms with E-state index in [1.165, 1.54) is 29.5 Å². The Bertz CT molecular complexity index is 669. The first-order valence-electron chi connectivity index (χ1n) is 8.09. The van der Waals surface area contributed by atoms with Gasteiger partial charge in [0.2, 0.25) is 6.41 Å². The van der Waals surface area contributed by atoms with E-state index in [1.807, 2.05) is 7.05 Å². The first-order valence-corrected chi connectivity index (χ1v) is 8.09. The molecule has 0 unspecified atom stereocenters. The van der Waals surface area contributed by atoms with Crippen LogP contribution in [0.25, 0.3) is 0 Å². The molecule has 0 spiro atoms. The monoisotopic (exact) mass is 327 g/mol. The summed E-state index contributed by atoms with van der Waals surface area (Å²) in [5.41, 5.74) is 6.72. The summed E-state index contributed by atoms with van der Waals surface area (Å²) in [7, 11) is 1.95. The number of aryl methyl sites for hydroxylation is 1. The molecule has 0 aliphatic heterocycles. The number of hydrazine groups is 1. The standard InChI is InChI=1S/C18H21NO.CH4N2O/c1-13-6-3-4-7-15(13)12-20-18-16(14-10-11-14)8-5-9-17(18)19-2;2-3-1-4/h3-9,14,19H,10-12H2,1-2H3;1H,2H2,(H,3,4). The normalized spacial score (nSPS) is 12.6. The minimum Gasteiger partial charge on any atom is -0.486 e. The van der Waals surface area contributed by atoms with Gasteiger partial charge < -0.3 is 10.1 Å². The fraction of sp³-hybridized carbons (Fsp3) is 0.316. The highest BCUT2D eigenvalue weighted by Crippen LogP contribution is 2.46. The van der Waals surface area contributed by atoms with Crippen molar-refractivity contribution in [2.24, 2.45) is 5.84 Å². The Morgan fingerprint density at radius 1 is 1.21 bits per heavy atom. The Labute approximate surface area is 143 Å². The van der Waals surface area contributed by atoms with Crippen LogP contribution in [-0.2, 0) is 11.4 Å². The number of ether oxygens (including phenoxy) is 1. The zero-order valence-electron chi connectivity index (χ0n) is 14.2. The van der Waals surface area contributed by atoms with Gasteiger partial charge in [-0.1, -0.05) is 36.4 Å².